The average Bonchev–Trinajstić information content (AvgIpc) is 2.93. The third-order valence-corrected chi connectivity index (χ3v) is 4.22. The van der Waals surface area contributed by atoms with E-state index in [0.717, 1.165) is 36.8 Å². The van der Waals surface area contributed by atoms with Gasteiger partial charge in [-0.1, -0.05) is 33.3 Å². The quantitative estimate of drug-likeness (QED) is 0.866. The lowest BCUT2D eigenvalue weighted by Gasteiger charge is -2.21. The number of anilines is 1. The van der Waals surface area contributed by atoms with Crippen LogP contribution in [-0.2, 0) is 6.54 Å². The first-order valence-electron chi connectivity index (χ1n) is 8.15. The molecule has 1 heterocycles. The van der Waals surface area contributed by atoms with Crippen LogP contribution in [0, 0.1) is 17.2 Å². The maximum Gasteiger partial charge on any atom is 0.101 e. The lowest BCUT2D eigenvalue weighted by Crippen LogP contribution is -2.23. The highest BCUT2D eigenvalue weighted by molar-refractivity contribution is 5.61. The Bertz CT molecular complexity index is 502. The van der Waals surface area contributed by atoms with E-state index in [1.165, 1.54) is 24.8 Å². The summed E-state index contributed by atoms with van der Waals surface area (Å²) in [5, 5.41) is 12.9. The number of nitrogens with zero attached hydrogens (tertiary/aromatic N) is 2. The molecule has 114 valence electrons. The van der Waals surface area contributed by atoms with Crippen molar-refractivity contribution in [2.24, 2.45) is 5.92 Å². The maximum absolute atomic E-state index is 9.45. The van der Waals surface area contributed by atoms with Gasteiger partial charge in [0.1, 0.15) is 6.07 Å². The molecule has 1 aliphatic heterocycles. The Morgan fingerprint density at radius 1 is 1.43 bits per heavy atom. The molecule has 1 aromatic carbocycles. The number of rotatable bonds is 6. The van der Waals surface area contributed by atoms with Gasteiger partial charge < -0.3 is 10.2 Å². The summed E-state index contributed by atoms with van der Waals surface area (Å²) in [5.41, 5.74) is 3.12. The van der Waals surface area contributed by atoms with Crippen LogP contribution in [0.5, 0.6) is 0 Å². The highest BCUT2D eigenvalue weighted by Crippen LogP contribution is 2.29. The lowest BCUT2D eigenvalue weighted by atomic mass is 10.0. The Kier molecular flexibility index (Phi) is 5.64. The molecule has 0 amide bonds. The van der Waals surface area contributed by atoms with Crippen molar-refractivity contribution in [2.75, 3.05) is 18.0 Å². The third kappa shape index (κ3) is 4.22. The van der Waals surface area contributed by atoms with Gasteiger partial charge in [-0.05, 0) is 36.5 Å². The van der Waals surface area contributed by atoms with Gasteiger partial charge in [-0.3, -0.25) is 0 Å². The molecular formula is C18H27N3. The SMILES string of the molecule is CCCC1CCN(c2ccc(CNC(C)C)cc2C#N)C1. The van der Waals surface area contributed by atoms with E-state index in [9.17, 15) is 5.26 Å². The molecule has 1 aliphatic rings. The van der Waals surface area contributed by atoms with Gasteiger partial charge in [-0.15, -0.1) is 0 Å². The molecule has 1 unspecified atom stereocenters. The zero-order chi connectivity index (χ0) is 15.2. The molecule has 0 radical (unpaired) electrons. The van der Waals surface area contributed by atoms with Crippen molar-refractivity contribution in [1.82, 2.24) is 5.32 Å². The second-order valence-corrected chi connectivity index (χ2v) is 6.39. The Labute approximate surface area is 129 Å². The predicted octanol–water partition coefficient (Wildman–Crippen LogP) is 3.68. The Morgan fingerprint density at radius 2 is 2.24 bits per heavy atom. The lowest BCUT2D eigenvalue weighted by molar-refractivity contribution is 0.530. The summed E-state index contributed by atoms with van der Waals surface area (Å²) in [5.74, 6) is 0.795. The van der Waals surface area contributed by atoms with E-state index in [1.54, 1.807) is 0 Å². The van der Waals surface area contributed by atoms with Crippen LogP contribution in [0.25, 0.3) is 0 Å². The second kappa shape index (κ2) is 7.47. The normalized spacial score (nSPS) is 18.2. The van der Waals surface area contributed by atoms with Crippen LogP contribution in [0.15, 0.2) is 18.2 Å². The molecule has 1 fully saturated rings. The molecule has 0 bridgehead atoms. The van der Waals surface area contributed by atoms with E-state index in [0.29, 0.717) is 6.04 Å². The van der Waals surface area contributed by atoms with Crippen LogP contribution in [0.1, 0.15) is 51.2 Å². The van der Waals surface area contributed by atoms with E-state index >= 15 is 0 Å². The average molecular weight is 285 g/mol. The highest BCUT2D eigenvalue weighted by atomic mass is 15.2. The van der Waals surface area contributed by atoms with Gasteiger partial charge in [0.25, 0.3) is 0 Å². The summed E-state index contributed by atoms with van der Waals surface area (Å²) in [6, 6.07) is 9.16. The molecule has 0 aromatic heterocycles. The fourth-order valence-electron chi connectivity index (χ4n) is 3.08. The van der Waals surface area contributed by atoms with Crippen molar-refractivity contribution >= 4 is 5.69 Å². The van der Waals surface area contributed by atoms with Crippen LogP contribution < -0.4 is 10.2 Å². The van der Waals surface area contributed by atoms with Crippen molar-refractivity contribution in [3.8, 4) is 6.07 Å². The summed E-state index contributed by atoms with van der Waals surface area (Å²) in [6.45, 7) is 9.54. The molecule has 3 heteroatoms. The van der Waals surface area contributed by atoms with E-state index in [-0.39, 0.29) is 0 Å². The summed E-state index contributed by atoms with van der Waals surface area (Å²) in [6.07, 6.45) is 3.81. The number of hydrogen-bond acceptors (Lipinski definition) is 3. The van der Waals surface area contributed by atoms with Crippen LogP contribution in [0.4, 0.5) is 5.69 Å². The topological polar surface area (TPSA) is 39.1 Å². The molecule has 2 rings (SSSR count). The molecule has 3 nitrogen and oxygen atoms in total. The number of benzene rings is 1. The first-order valence-corrected chi connectivity index (χ1v) is 8.15. The first-order chi connectivity index (χ1) is 10.1. The minimum absolute atomic E-state index is 0.462. The number of hydrogen-bond donors (Lipinski definition) is 1. The Hall–Kier alpha value is -1.53. The second-order valence-electron chi connectivity index (χ2n) is 6.39. The molecule has 21 heavy (non-hydrogen) atoms. The van der Waals surface area contributed by atoms with Crippen molar-refractivity contribution < 1.29 is 0 Å². The van der Waals surface area contributed by atoms with Gasteiger partial charge in [0, 0.05) is 25.7 Å². The van der Waals surface area contributed by atoms with Crippen LogP contribution >= 0.6 is 0 Å². The molecular weight excluding hydrogens is 258 g/mol. The van der Waals surface area contributed by atoms with Gasteiger partial charge in [-0.2, -0.15) is 5.26 Å². The van der Waals surface area contributed by atoms with Crippen molar-refractivity contribution in [3.63, 3.8) is 0 Å². The van der Waals surface area contributed by atoms with E-state index in [4.69, 9.17) is 0 Å². The molecule has 1 aromatic rings. The summed E-state index contributed by atoms with van der Waals surface area (Å²) in [7, 11) is 0. The third-order valence-electron chi connectivity index (χ3n) is 4.22. The van der Waals surface area contributed by atoms with Crippen LogP contribution in [0.2, 0.25) is 0 Å². The van der Waals surface area contributed by atoms with Gasteiger partial charge >= 0.3 is 0 Å². The van der Waals surface area contributed by atoms with Crippen molar-refractivity contribution in [1.29, 1.82) is 5.26 Å². The smallest absolute Gasteiger partial charge is 0.101 e. The monoisotopic (exact) mass is 285 g/mol. The van der Waals surface area contributed by atoms with Crippen molar-refractivity contribution in [2.45, 2.75) is 52.6 Å². The molecule has 0 spiro atoms. The van der Waals surface area contributed by atoms with Gasteiger partial charge in [0.05, 0.1) is 11.3 Å². The molecule has 0 saturated carbocycles. The number of nitrogens with one attached hydrogen (secondary N) is 1. The Morgan fingerprint density at radius 3 is 2.90 bits per heavy atom. The van der Waals surface area contributed by atoms with Crippen LogP contribution in [0.3, 0.4) is 0 Å². The fraction of sp³-hybridized carbons (Fsp3) is 0.611. The van der Waals surface area contributed by atoms with E-state index in [2.05, 4.69) is 49.2 Å². The maximum atomic E-state index is 9.45. The van der Waals surface area contributed by atoms with Gasteiger partial charge in [-0.25, -0.2) is 0 Å². The zero-order valence-electron chi connectivity index (χ0n) is 13.5. The van der Waals surface area contributed by atoms with E-state index in [1.807, 2.05) is 6.07 Å². The molecule has 1 N–H and O–H groups in total. The van der Waals surface area contributed by atoms with E-state index < -0.39 is 0 Å². The summed E-state index contributed by atoms with van der Waals surface area (Å²) < 4.78 is 0. The highest BCUT2D eigenvalue weighted by Gasteiger charge is 2.23. The number of nitriles is 1. The Balaban J connectivity index is 2.08. The predicted molar refractivity (Wildman–Crippen MR) is 88.4 cm³/mol. The molecule has 1 saturated heterocycles. The van der Waals surface area contributed by atoms with Crippen LogP contribution in [-0.4, -0.2) is 19.1 Å². The summed E-state index contributed by atoms with van der Waals surface area (Å²) >= 11 is 0. The fourth-order valence-corrected chi connectivity index (χ4v) is 3.08. The summed E-state index contributed by atoms with van der Waals surface area (Å²) in [4.78, 5) is 2.39. The minimum atomic E-state index is 0.462. The zero-order valence-corrected chi connectivity index (χ0v) is 13.5. The van der Waals surface area contributed by atoms with Gasteiger partial charge in [0.15, 0.2) is 0 Å². The molecule has 0 aliphatic carbocycles. The standard InChI is InChI=1S/C18H27N3/c1-4-5-15-8-9-21(13-15)18-7-6-16(10-17(18)11-19)12-20-14(2)3/h6-7,10,14-15,20H,4-5,8-9,12-13H2,1-3H3. The van der Waals surface area contributed by atoms with Crippen molar-refractivity contribution in [3.05, 3.63) is 29.3 Å². The first kappa shape index (κ1) is 15.9. The minimum Gasteiger partial charge on any atom is -0.370 e. The molecule has 1 atom stereocenters. The largest absolute Gasteiger partial charge is 0.370 e. The van der Waals surface area contributed by atoms with Gasteiger partial charge in [0.2, 0.25) is 0 Å².